The topological polar surface area (TPSA) is 83.1 Å². The maximum Gasteiger partial charge on any atom is 0.310 e. The number of carbonyl (C=O) groups excluding carboxylic acids is 2. The Balaban J connectivity index is 1.76. The quantitative estimate of drug-likeness (QED) is 0.680. The van der Waals surface area contributed by atoms with Crippen molar-refractivity contribution in [2.75, 3.05) is 26.1 Å². The maximum atomic E-state index is 12.2. The normalized spacial score (nSPS) is 11.2. The number of methoxy groups -OCH3 is 2. The van der Waals surface area contributed by atoms with Crippen molar-refractivity contribution < 1.29 is 28.5 Å². The lowest BCUT2D eigenvalue weighted by Gasteiger charge is -2.15. The molecule has 0 aliphatic rings. The monoisotopic (exact) mass is 373 g/mol. The molecule has 0 heterocycles. The van der Waals surface area contributed by atoms with E-state index in [1.165, 1.54) is 14.0 Å². The number of carbonyl (C=O) groups is 2. The average Bonchev–Trinajstić information content (AvgIpc) is 2.68. The van der Waals surface area contributed by atoms with Crippen LogP contribution >= 0.6 is 0 Å². The minimum atomic E-state index is -0.941. The fraction of sp³-hybridized carbons (Fsp3) is 0.300. The highest BCUT2D eigenvalue weighted by atomic mass is 16.6. The molecular weight excluding hydrogens is 350 g/mol. The molecule has 7 nitrogen and oxygen atoms in total. The standard InChI is InChI=1S/C20H23NO6/c1-14(20(23)21-17-6-4-5-7-18(17)25-3)27-19(22)12-13-26-16-10-8-15(24-2)9-11-16/h4-11,14H,12-13H2,1-3H3,(H,21,23). The van der Waals surface area contributed by atoms with Crippen molar-refractivity contribution in [3.05, 3.63) is 48.5 Å². The van der Waals surface area contributed by atoms with Gasteiger partial charge in [-0.05, 0) is 43.3 Å². The van der Waals surface area contributed by atoms with Crippen molar-refractivity contribution in [1.82, 2.24) is 0 Å². The largest absolute Gasteiger partial charge is 0.497 e. The molecule has 144 valence electrons. The molecule has 1 amide bonds. The third kappa shape index (κ3) is 6.22. The van der Waals surface area contributed by atoms with Gasteiger partial charge in [0.25, 0.3) is 5.91 Å². The zero-order valence-electron chi connectivity index (χ0n) is 15.6. The number of amides is 1. The summed E-state index contributed by atoms with van der Waals surface area (Å²) in [5.41, 5.74) is 0.510. The van der Waals surface area contributed by atoms with Crippen LogP contribution < -0.4 is 19.5 Å². The fourth-order valence-corrected chi connectivity index (χ4v) is 2.22. The van der Waals surface area contributed by atoms with Crippen molar-refractivity contribution in [3.8, 4) is 17.2 Å². The van der Waals surface area contributed by atoms with Crippen LogP contribution in [0.2, 0.25) is 0 Å². The number of para-hydroxylation sites is 2. The Morgan fingerprint density at radius 2 is 1.63 bits per heavy atom. The molecule has 0 saturated carbocycles. The van der Waals surface area contributed by atoms with E-state index >= 15 is 0 Å². The molecule has 1 unspecified atom stereocenters. The first-order chi connectivity index (χ1) is 13.0. The summed E-state index contributed by atoms with van der Waals surface area (Å²) in [5.74, 6) is 0.898. The van der Waals surface area contributed by atoms with E-state index in [1.807, 2.05) is 0 Å². The van der Waals surface area contributed by atoms with E-state index in [9.17, 15) is 9.59 Å². The van der Waals surface area contributed by atoms with Gasteiger partial charge < -0.3 is 24.3 Å². The van der Waals surface area contributed by atoms with Crippen LogP contribution in [0.5, 0.6) is 17.2 Å². The summed E-state index contributed by atoms with van der Waals surface area (Å²) in [5, 5.41) is 2.68. The lowest BCUT2D eigenvalue weighted by Crippen LogP contribution is -2.30. The summed E-state index contributed by atoms with van der Waals surface area (Å²) < 4.78 is 20.8. The van der Waals surface area contributed by atoms with Gasteiger partial charge in [-0.1, -0.05) is 12.1 Å². The zero-order chi connectivity index (χ0) is 19.6. The van der Waals surface area contributed by atoms with Crippen molar-refractivity contribution in [2.45, 2.75) is 19.4 Å². The van der Waals surface area contributed by atoms with Crippen LogP contribution in [-0.4, -0.2) is 38.8 Å². The van der Waals surface area contributed by atoms with Gasteiger partial charge in [-0.25, -0.2) is 0 Å². The second-order valence-electron chi connectivity index (χ2n) is 5.60. The van der Waals surface area contributed by atoms with Crippen molar-refractivity contribution in [3.63, 3.8) is 0 Å². The van der Waals surface area contributed by atoms with E-state index < -0.39 is 18.0 Å². The molecular formula is C20H23NO6. The summed E-state index contributed by atoms with van der Waals surface area (Å²) in [6.07, 6.45) is -0.915. The first-order valence-electron chi connectivity index (χ1n) is 8.43. The van der Waals surface area contributed by atoms with Gasteiger partial charge in [0.15, 0.2) is 6.10 Å². The first kappa shape index (κ1) is 20.1. The van der Waals surface area contributed by atoms with Crippen LogP contribution in [-0.2, 0) is 14.3 Å². The van der Waals surface area contributed by atoms with Crippen molar-refractivity contribution in [2.24, 2.45) is 0 Å². The highest BCUT2D eigenvalue weighted by Crippen LogP contribution is 2.23. The van der Waals surface area contributed by atoms with Crippen LogP contribution in [0.1, 0.15) is 13.3 Å². The zero-order valence-corrected chi connectivity index (χ0v) is 15.6. The van der Waals surface area contributed by atoms with Gasteiger partial charge in [-0.3, -0.25) is 9.59 Å². The number of anilines is 1. The van der Waals surface area contributed by atoms with Gasteiger partial charge in [0.2, 0.25) is 0 Å². The summed E-state index contributed by atoms with van der Waals surface area (Å²) in [6.45, 7) is 1.65. The second kappa shape index (κ2) is 10.1. The number of hydrogen-bond donors (Lipinski definition) is 1. The lowest BCUT2D eigenvalue weighted by molar-refractivity contribution is -0.153. The Hall–Kier alpha value is -3.22. The Kier molecular flexibility index (Phi) is 7.49. The number of rotatable bonds is 9. The van der Waals surface area contributed by atoms with Gasteiger partial charge in [-0.15, -0.1) is 0 Å². The van der Waals surface area contributed by atoms with Crippen LogP contribution in [0.3, 0.4) is 0 Å². The van der Waals surface area contributed by atoms with Crippen LogP contribution in [0.4, 0.5) is 5.69 Å². The predicted molar refractivity (Wildman–Crippen MR) is 100 cm³/mol. The molecule has 2 aromatic carbocycles. The van der Waals surface area contributed by atoms with E-state index in [0.29, 0.717) is 17.2 Å². The highest BCUT2D eigenvalue weighted by molar-refractivity contribution is 5.96. The van der Waals surface area contributed by atoms with Crippen molar-refractivity contribution >= 4 is 17.6 Å². The molecule has 0 fully saturated rings. The Labute approximate surface area is 158 Å². The number of hydrogen-bond acceptors (Lipinski definition) is 6. The van der Waals surface area contributed by atoms with Crippen LogP contribution in [0.25, 0.3) is 0 Å². The molecule has 2 aromatic rings. The molecule has 1 atom stereocenters. The predicted octanol–water partition coefficient (Wildman–Crippen LogP) is 3.04. The molecule has 27 heavy (non-hydrogen) atoms. The number of benzene rings is 2. The molecule has 0 aliphatic heterocycles. The minimum absolute atomic E-state index is 0.0261. The molecule has 0 aromatic heterocycles. The van der Waals surface area contributed by atoms with E-state index in [4.69, 9.17) is 18.9 Å². The molecule has 0 spiro atoms. The van der Waals surface area contributed by atoms with Gasteiger partial charge in [0, 0.05) is 0 Å². The van der Waals surface area contributed by atoms with Crippen LogP contribution in [0.15, 0.2) is 48.5 Å². The maximum absolute atomic E-state index is 12.2. The van der Waals surface area contributed by atoms with Gasteiger partial charge in [-0.2, -0.15) is 0 Å². The van der Waals surface area contributed by atoms with Crippen LogP contribution in [0, 0.1) is 0 Å². The Bertz CT molecular complexity index is 759. The molecule has 2 rings (SSSR count). The summed E-state index contributed by atoms with van der Waals surface area (Å²) >= 11 is 0. The summed E-state index contributed by atoms with van der Waals surface area (Å²) in [4.78, 5) is 24.1. The Morgan fingerprint density at radius 3 is 2.30 bits per heavy atom. The molecule has 0 bridgehead atoms. The molecule has 0 saturated heterocycles. The minimum Gasteiger partial charge on any atom is -0.497 e. The lowest BCUT2D eigenvalue weighted by atomic mass is 10.2. The fourth-order valence-electron chi connectivity index (χ4n) is 2.22. The third-order valence-corrected chi connectivity index (χ3v) is 3.68. The van der Waals surface area contributed by atoms with Gasteiger partial charge in [0.1, 0.15) is 17.2 Å². The number of ether oxygens (including phenoxy) is 4. The van der Waals surface area contributed by atoms with Crippen molar-refractivity contribution in [1.29, 1.82) is 0 Å². The van der Waals surface area contributed by atoms with E-state index in [2.05, 4.69) is 5.32 Å². The van der Waals surface area contributed by atoms with E-state index in [1.54, 1.807) is 55.6 Å². The summed E-state index contributed by atoms with van der Waals surface area (Å²) in [7, 11) is 3.09. The smallest absolute Gasteiger partial charge is 0.310 e. The first-order valence-corrected chi connectivity index (χ1v) is 8.43. The Morgan fingerprint density at radius 1 is 0.963 bits per heavy atom. The SMILES string of the molecule is COc1ccc(OCCC(=O)OC(C)C(=O)Nc2ccccc2OC)cc1. The molecule has 1 N–H and O–H groups in total. The third-order valence-electron chi connectivity index (χ3n) is 3.68. The van der Waals surface area contributed by atoms with Gasteiger partial charge in [0.05, 0.1) is 32.9 Å². The number of esters is 1. The van der Waals surface area contributed by atoms with E-state index in [0.717, 1.165) is 5.75 Å². The molecule has 0 aliphatic carbocycles. The average molecular weight is 373 g/mol. The molecule has 7 heteroatoms. The molecule has 0 radical (unpaired) electrons. The highest BCUT2D eigenvalue weighted by Gasteiger charge is 2.19. The number of nitrogens with one attached hydrogen (secondary N) is 1. The van der Waals surface area contributed by atoms with E-state index in [-0.39, 0.29) is 13.0 Å². The van der Waals surface area contributed by atoms with Gasteiger partial charge >= 0.3 is 5.97 Å². The summed E-state index contributed by atoms with van der Waals surface area (Å²) in [6, 6.07) is 14.0. The second-order valence-corrected chi connectivity index (χ2v) is 5.60.